The van der Waals surface area contributed by atoms with Crippen LogP contribution in [-0.4, -0.2) is 4.57 Å². The Morgan fingerprint density at radius 2 is 0.883 bits per heavy atom. The van der Waals surface area contributed by atoms with Crippen LogP contribution in [-0.2, 0) is 18.3 Å². The number of fused-ring (bicyclic) bond motifs is 8. The van der Waals surface area contributed by atoms with Crippen LogP contribution in [0.4, 0.5) is 34.1 Å². The molecule has 12 rings (SSSR count). The van der Waals surface area contributed by atoms with Crippen LogP contribution in [0.2, 0.25) is 0 Å². The Kier molecular flexibility index (Phi) is 8.02. The first-order valence-corrected chi connectivity index (χ1v) is 21.3. The number of hydrogen-bond donors (Lipinski definition) is 0. The molecule has 2 aliphatic rings. The third-order valence-corrected chi connectivity index (χ3v) is 13.3. The summed E-state index contributed by atoms with van der Waals surface area (Å²) in [6.45, 7) is 0. The van der Waals surface area contributed by atoms with Crippen LogP contribution in [0.5, 0.6) is 0 Å². The standard InChI is InChI=1S/C57H43N3/c1-4-21-43(22-5-1)58(46-33-34-52-49(39-46)48-28-12-13-29-51(48)59(52)44-23-6-2-7-24-44)53-31-15-19-41-35-37-57(55(41)53)38-36-42-20-16-32-54(56(42)57)60(45-25-8-3-9-26-45)50-30-14-18-40-17-10-11-27-47(40)50/h1-34,39H,35-38H2/t57-/m1/s1. The van der Waals surface area contributed by atoms with Crippen molar-refractivity contribution in [2.24, 2.45) is 0 Å². The van der Waals surface area contributed by atoms with E-state index in [9.17, 15) is 0 Å². The molecular weight excluding hydrogens is 727 g/mol. The molecule has 1 aromatic heterocycles. The summed E-state index contributed by atoms with van der Waals surface area (Å²) >= 11 is 0. The molecule has 60 heavy (non-hydrogen) atoms. The first-order valence-electron chi connectivity index (χ1n) is 21.3. The molecule has 3 heteroatoms. The van der Waals surface area contributed by atoms with E-state index in [0.717, 1.165) is 37.1 Å². The van der Waals surface area contributed by atoms with Crippen LogP contribution in [0.1, 0.15) is 35.1 Å². The number of aromatic nitrogens is 1. The van der Waals surface area contributed by atoms with Crippen LogP contribution in [0, 0.1) is 0 Å². The minimum absolute atomic E-state index is 0.171. The van der Waals surface area contributed by atoms with Crippen molar-refractivity contribution < 1.29 is 0 Å². The summed E-state index contributed by atoms with van der Waals surface area (Å²) in [6, 6.07) is 78.3. The van der Waals surface area contributed by atoms with E-state index in [1.165, 1.54) is 83.3 Å². The van der Waals surface area contributed by atoms with Crippen molar-refractivity contribution in [2.75, 3.05) is 9.80 Å². The van der Waals surface area contributed by atoms with Gasteiger partial charge in [0.2, 0.25) is 0 Å². The molecule has 0 radical (unpaired) electrons. The molecule has 0 fully saturated rings. The SMILES string of the molecule is c1ccc(N(c2ccc3c(c2)c2ccccc2n3-c2ccccc2)c2cccc3c2[C@@]2(CC3)CCc3cccc(N(c4ccccc4)c4cccc5ccccc45)c32)cc1. The zero-order valence-electron chi connectivity index (χ0n) is 33.4. The van der Waals surface area contributed by atoms with Gasteiger partial charge in [-0.1, -0.05) is 133 Å². The van der Waals surface area contributed by atoms with Gasteiger partial charge in [-0.05, 0) is 132 Å². The molecule has 0 saturated carbocycles. The lowest BCUT2D eigenvalue weighted by atomic mass is 9.74. The molecule has 0 bridgehead atoms. The summed E-state index contributed by atoms with van der Waals surface area (Å²) < 4.78 is 2.40. The quantitative estimate of drug-likeness (QED) is 0.160. The highest BCUT2D eigenvalue weighted by Gasteiger charge is 2.49. The third kappa shape index (κ3) is 5.29. The highest BCUT2D eigenvalue weighted by molar-refractivity contribution is 6.11. The summed E-state index contributed by atoms with van der Waals surface area (Å²) in [5.74, 6) is 0. The lowest BCUT2D eigenvalue weighted by Crippen LogP contribution is -2.27. The zero-order chi connectivity index (χ0) is 39.6. The topological polar surface area (TPSA) is 11.4 Å². The van der Waals surface area contributed by atoms with Crippen molar-refractivity contribution in [2.45, 2.75) is 31.1 Å². The first-order chi connectivity index (χ1) is 29.8. The highest BCUT2D eigenvalue weighted by Crippen LogP contribution is 2.60. The van der Waals surface area contributed by atoms with Gasteiger partial charge >= 0.3 is 0 Å². The molecule has 3 nitrogen and oxygen atoms in total. The van der Waals surface area contributed by atoms with E-state index in [-0.39, 0.29) is 5.41 Å². The van der Waals surface area contributed by atoms with Crippen molar-refractivity contribution in [3.63, 3.8) is 0 Å². The van der Waals surface area contributed by atoms with Gasteiger partial charge in [-0.2, -0.15) is 0 Å². The van der Waals surface area contributed by atoms with E-state index in [1.54, 1.807) is 0 Å². The molecule has 0 unspecified atom stereocenters. The fourth-order valence-corrected chi connectivity index (χ4v) is 10.9. The maximum Gasteiger partial charge on any atom is 0.0542 e. The number of nitrogens with zero attached hydrogens (tertiary/aromatic N) is 3. The summed E-state index contributed by atoms with van der Waals surface area (Å²) in [5.41, 5.74) is 16.5. The van der Waals surface area contributed by atoms with Crippen molar-refractivity contribution in [3.8, 4) is 5.69 Å². The minimum Gasteiger partial charge on any atom is -0.310 e. The third-order valence-electron chi connectivity index (χ3n) is 13.3. The molecule has 9 aromatic carbocycles. The van der Waals surface area contributed by atoms with Crippen molar-refractivity contribution in [1.82, 2.24) is 4.57 Å². The van der Waals surface area contributed by atoms with E-state index < -0.39 is 0 Å². The highest BCUT2D eigenvalue weighted by atomic mass is 15.2. The lowest BCUT2D eigenvalue weighted by molar-refractivity contribution is 0.508. The Labute approximate surface area is 351 Å². The normalized spacial score (nSPS) is 15.5. The van der Waals surface area contributed by atoms with Gasteiger partial charge in [-0.3, -0.25) is 0 Å². The van der Waals surface area contributed by atoms with Gasteiger partial charge in [0, 0.05) is 44.3 Å². The van der Waals surface area contributed by atoms with Crippen molar-refractivity contribution >= 4 is 66.7 Å². The van der Waals surface area contributed by atoms with Crippen LogP contribution in [0.15, 0.2) is 212 Å². The van der Waals surface area contributed by atoms with E-state index in [0.29, 0.717) is 0 Å². The van der Waals surface area contributed by atoms with Gasteiger partial charge in [-0.25, -0.2) is 0 Å². The van der Waals surface area contributed by atoms with E-state index >= 15 is 0 Å². The van der Waals surface area contributed by atoms with Crippen molar-refractivity contribution in [1.29, 1.82) is 0 Å². The summed E-state index contributed by atoms with van der Waals surface area (Å²) in [5, 5.41) is 5.00. The van der Waals surface area contributed by atoms with Gasteiger partial charge in [0.15, 0.2) is 0 Å². The Hall–Kier alpha value is -7.36. The fourth-order valence-electron chi connectivity index (χ4n) is 10.9. The fraction of sp³-hybridized carbons (Fsp3) is 0.0877. The van der Waals surface area contributed by atoms with E-state index in [4.69, 9.17) is 0 Å². The second-order valence-corrected chi connectivity index (χ2v) is 16.4. The van der Waals surface area contributed by atoms with Crippen LogP contribution in [0.25, 0.3) is 38.3 Å². The van der Waals surface area contributed by atoms with E-state index in [2.05, 4.69) is 227 Å². The molecule has 286 valence electrons. The second kappa shape index (κ2) is 13.9. The molecule has 1 spiro atoms. The molecule has 1 atom stereocenters. The smallest absolute Gasteiger partial charge is 0.0542 e. The van der Waals surface area contributed by atoms with Crippen LogP contribution >= 0.6 is 0 Å². The number of aryl methyl sites for hydroxylation is 2. The van der Waals surface area contributed by atoms with E-state index in [1.807, 2.05) is 0 Å². The minimum atomic E-state index is -0.171. The predicted octanol–water partition coefficient (Wildman–Crippen LogP) is 15.1. The predicted molar refractivity (Wildman–Crippen MR) is 252 cm³/mol. The monoisotopic (exact) mass is 769 g/mol. The molecule has 2 aliphatic carbocycles. The number of anilines is 6. The molecule has 10 aromatic rings. The molecule has 1 heterocycles. The van der Waals surface area contributed by atoms with Gasteiger partial charge < -0.3 is 14.4 Å². The maximum absolute atomic E-state index is 2.54. The Balaban J connectivity index is 1.09. The number of hydrogen-bond acceptors (Lipinski definition) is 2. The second-order valence-electron chi connectivity index (χ2n) is 16.4. The Morgan fingerprint density at radius 3 is 1.58 bits per heavy atom. The average molecular weight is 770 g/mol. The molecule has 0 aliphatic heterocycles. The summed E-state index contributed by atoms with van der Waals surface area (Å²) in [6.07, 6.45) is 4.25. The number of benzene rings is 9. The van der Waals surface area contributed by atoms with Gasteiger partial charge in [0.25, 0.3) is 0 Å². The Bertz CT molecular complexity index is 3210. The summed E-state index contributed by atoms with van der Waals surface area (Å²) in [7, 11) is 0. The number of rotatable bonds is 7. The van der Waals surface area contributed by atoms with Crippen LogP contribution < -0.4 is 9.80 Å². The molecule has 0 N–H and O–H groups in total. The van der Waals surface area contributed by atoms with Crippen molar-refractivity contribution in [3.05, 3.63) is 235 Å². The average Bonchev–Trinajstić information content (AvgIpc) is 4.00. The summed E-state index contributed by atoms with van der Waals surface area (Å²) in [4.78, 5) is 5.08. The molecule has 0 saturated heterocycles. The molecular formula is C57H43N3. The van der Waals surface area contributed by atoms with Gasteiger partial charge in [0.1, 0.15) is 0 Å². The van der Waals surface area contributed by atoms with Gasteiger partial charge in [-0.15, -0.1) is 0 Å². The van der Waals surface area contributed by atoms with Gasteiger partial charge in [0.05, 0.1) is 28.1 Å². The lowest BCUT2D eigenvalue weighted by Gasteiger charge is -2.37. The maximum atomic E-state index is 2.54. The molecule has 0 amide bonds. The van der Waals surface area contributed by atoms with Crippen LogP contribution in [0.3, 0.4) is 0 Å². The zero-order valence-corrected chi connectivity index (χ0v) is 33.4. The Morgan fingerprint density at radius 1 is 0.367 bits per heavy atom. The largest absolute Gasteiger partial charge is 0.310 e. The first kappa shape index (κ1) is 34.7. The number of para-hydroxylation sites is 4.